The van der Waals surface area contributed by atoms with Crippen molar-refractivity contribution in [3.05, 3.63) is 27.4 Å². The summed E-state index contributed by atoms with van der Waals surface area (Å²) in [6.45, 7) is 3.36. The number of hydrogen-bond acceptors (Lipinski definition) is 1. The molecule has 0 saturated heterocycles. The Morgan fingerprint density at radius 3 is 3.00 bits per heavy atom. The number of aromatic amines is 1. The van der Waals surface area contributed by atoms with Crippen molar-refractivity contribution < 1.29 is 0 Å². The second-order valence-corrected chi connectivity index (χ2v) is 6.32. The Labute approximate surface area is 114 Å². The van der Waals surface area contributed by atoms with Crippen molar-refractivity contribution in [3.8, 4) is 0 Å². The van der Waals surface area contributed by atoms with Crippen LogP contribution in [0.1, 0.15) is 19.8 Å². The third-order valence-electron chi connectivity index (χ3n) is 3.63. The van der Waals surface area contributed by atoms with Crippen molar-refractivity contribution in [2.75, 3.05) is 0 Å². The van der Waals surface area contributed by atoms with Crippen molar-refractivity contribution >= 4 is 39.2 Å². The average Bonchev–Trinajstić information content (AvgIpc) is 3.06. The molecule has 0 amide bonds. The molecule has 17 heavy (non-hydrogen) atoms. The summed E-state index contributed by atoms with van der Waals surface area (Å²) < 4.78 is 4.16. The molecule has 1 unspecified atom stereocenters. The molecule has 0 radical (unpaired) electrons. The first-order valence-corrected chi connectivity index (χ1v) is 7.23. The first-order chi connectivity index (χ1) is 8.15. The van der Waals surface area contributed by atoms with Gasteiger partial charge in [-0.25, -0.2) is 0 Å². The van der Waals surface area contributed by atoms with E-state index in [4.69, 9.17) is 12.2 Å². The topological polar surface area (TPSA) is 20.7 Å². The second-order valence-electron chi connectivity index (χ2n) is 5.02. The van der Waals surface area contributed by atoms with Gasteiger partial charge in [-0.15, -0.1) is 0 Å². The van der Waals surface area contributed by atoms with E-state index < -0.39 is 0 Å². The number of imidazole rings is 1. The van der Waals surface area contributed by atoms with E-state index >= 15 is 0 Å². The van der Waals surface area contributed by atoms with E-state index in [0.29, 0.717) is 0 Å². The normalized spacial score (nSPS) is 17.5. The van der Waals surface area contributed by atoms with Gasteiger partial charge in [-0.2, -0.15) is 0 Å². The highest BCUT2D eigenvalue weighted by atomic mass is 79.9. The fraction of sp³-hybridized carbons (Fsp3) is 0.462. The van der Waals surface area contributed by atoms with Gasteiger partial charge in [0.15, 0.2) is 4.77 Å². The predicted molar refractivity (Wildman–Crippen MR) is 76.7 cm³/mol. The monoisotopic (exact) mass is 310 g/mol. The largest absolute Gasteiger partial charge is 0.331 e. The lowest BCUT2D eigenvalue weighted by molar-refractivity contribution is 0.434. The summed E-state index contributed by atoms with van der Waals surface area (Å²) in [5.41, 5.74) is 2.33. The minimum atomic E-state index is 0.726. The Balaban J connectivity index is 2.02. The van der Waals surface area contributed by atoms with E-state index in [2.05, 4.69) is 50.6 Å². The van der Waals surface area contributed by atoms with E-state index in [1.807, 2.05) is 0 Å². The van der Waals surface area contributed by atoms with E-state index in [0.717, 1.165) is 33.1 Å². The number of nitrogens with zero attached hydrogens (tertiary/aromatic N) is 1. The van der Waals surface area contributed by atoms with Crippen LogP contribution >= 0.6 is 28.1 Å². The van der Waals surface area contributed by atoms with Crippen molar-refractivity contribution in [3.63, 3.8) is 0 Å². The van der Waals surface area contributed by atoms with E-state index in [1.165, 1.54) is 18.4 Å². The minimum Gasteiger partial charge on any atom is -0.331 e. The third kappa shape index (κ3) is 2.20. The zero-order chi connectivity index (χ0) is 12.0. The standard InChI is InChI=1S/C13H15BrN2S/c1-8(9-2-3-9)7-16-12-5-4-10(14)6-11(12)15-13(16)17/h4-6,8-9H,2-3,7H2,1H3,(H,15,17). The van der Waals surface area contributed by atoms with Gasteiger partial charge in [-0.1, -0.05) is 22.9 Å². The lowest BCUT2D eigenvalue weighted by Gasteiger charge is -2.11. The van der Waals surface area contributed by atoms with Gasteiger partial charge in [0, 0.05) is 11.0 Å². The molecule has 1 aliphatic rings. The first-order valence-electron chi connectivity index (χ1n) is 6.03. The molecule has 0 aliphatic heterocycles. The van der Waals surface area contributed by atoms with Crippen LogP contribution in [-0.4, -0.2) is 9.55 Å². The molecule has 1 aromatic heterocycles. The van der Waals surface area contributed by atoms with Crippen LogP contribution in [0.3, 0.4) is 0 Å². The highest BCUT2D eigenvalue weighted by Gasteiger charge is 2.28. The third-order valence-corrected chi connectivity index (χ3v) is 4.45. The van der Waals surface area contributed by atoms with Crippen LogP contribution in [0.5, 0.6) is 0 Å². The molecule has 0 spiro atoms. The number of hydrogen-bond donors (Lipinski definition) is 1. The summed E-state index contributed by atoms with van der Waals surface area (Å²) in [4.78, 5) is 3.28. The van der Waals surface area contributed by atoms with Gasteiger partial charge in [0.1, 0.15) is 0 Å². The number of fused-ring (bicyclic) bond motifs is 1. The Hall–Kier alpha value is -0.610. The van der Waals surface area contributed by atoms with Crippen molar-refractivity contribution in [1.82, 2.24) is 9.55 Å². The summed E-state index contributed by atoms with van der Waals surface area (Å²) in [7, 11) is 0. The lowest BCUT2D eigenvalue weighted by atomic mass is 10.1. The van der Waals surface area contributed by atoms with Crippen LogP contribution in [0.15, 0.2) is 22.7 Å². The molecule has 1 saturated carbocycles. The molecule has 0 bridgehead atoms. The molecule has 1 aromatic carbocycles. The molecule has 1 atom stereocenters. The maximum atomic E-state index is 5.41. The van der Waals surface area contributed by atoms with Crippen molar-refractivity contribution in [2.24, 2.45) is 11.8 Å². The van der Waals surface area contributed by atoms with Crippen LogP contribution in [0.2, 0.25) is 0 Å². The Bertz CT molecular complexity index is 609. The van der Waals surface area contributed by atoms with Gasteiger partial charge in [0.2, 0.25) is 0 Å². The Morgan fingerprint density at radius 1 is 1.53 bits per heavy atom. The first kappa shape index (κ1) is 11.5. The summed E-state index contributed by atoms with van der Waals surface area (Å²) in [5.74, 6) is 1.64. The van der Waals surface area contributed by atoms with Crippen LogP contribution in [0, 0.1) is 16.6 Å². The predicted octanol–water partition coefficient (Wildman–Crippen LogP) is 4.51. The van der Waals surface area contributed by atoms with Crippen LogP contribution in [-0.2, 0) is 6.54 Å². The van der Waals surface area contributed by atoms with Crippen LogP contribution < -0.4 is 0 Å². The fourth-order valence-electron chi connectivity index (χ4n) is 2.42. The highest BCUT2D eigenvalue weighted by Crippen LogP contribution is 2.37. The summed E-state index contributed by atoms with van der Waals surface area (Å²) in [6.07, 6.45) is 2.78. The molecular weight excluding hydrogens is 296 g/mol. The number of nitrogens with one attached hydrogen (secondary N) is 1. The van der Waals surface area contributed by atoms with Crippen molar-refractivity contribution in [1.29, 1.82) is 0 Å². The van der Waals surface area contributed by atoms with Crippen LogP contribution in [0.4, 0.5) is 0 Å². The summed E-state index contributed by atoms with van der Waals surface area (Å²) in [6, 6.07) is 6.29. The van der Waals surface area contributed by atoms with E-state index in [9.17, 15) is 0 Å². The fourth-order valence-corrected chi connectivity index (χ4v) is 3.06. The zero-order valence-corrected chi connectivity index (χ0v) is 12.1. The van der Waals surface area contributed by atoms with Gasteiger partial charge < -0.3 is 9.55 Å². The van der Waals surface area contributed by atoms with Gasteiger partial charge in [-0.05, 0) is 55.1 Å². The number of H-pyrrole nitrogens is 1. The van der Waals surface area contributed by atoms with Gasteiger partial charge in [-0.3, -0.25) is 0 Å². The highest BCUT2D eigenvalue weighted by molar-refractivity contribution is 9.10. The molecule has 4 heteroatoms. The quantitative estimate of drug-likeness (QED) is 0.827. The maximum absolute atomic E-state index is 5.41. The molecular formula is C13H15BrN2S. The van der Waals surface area contributed by atoms with Gasteiger partial charge in [0.05, 0.1) is 11.0 Å². The molecule has 2 nitrogen and oxygen atoms in total. The minimum absolute atomic E-state index is 0.726. The Morgan fingerprint density at radius 2 is 2.29 bits per heavy atom. The molecule has 1 fully saturated rings. The molecule has 1 N–H and O–H groups in total. The number of aromatic nitrogens is 2. The van der Waals surface area contributed by atoms with E-state index in [1.54, 1.807) is 0 Å². The molecule has 1 aliphatic carbocycles. The summed E-state index contributed by atoms with van der Waals surface area (Å²) >= 11 is 8.90. The van der Waals surface area contributed by atoms with Gasteiger partial charge in [0.25, 0.3) is 0 Å². The van der Waals surface area contributed by atoms with Crippen molar-refractivity contribution in [2.45, 2.75) is 26.3 Å². The van der Waals surface area contributed by atoms with Crippen LogP contribution in [0.25, 0.3) is 11.0 Å². The maximum Gasteiger partial charge on any atom is 0.178 e. The molecule has 2 aromatic rings. The number of rotatable bonds is 3. The second kappa shape index (κ2) is 4.25. The number of benzene rings is 1. The average molecular weight is 311 g/mol. The van der Waals surface area contributed by atoms with Gasteiger partial charge >= 0.3 is 0 Å². The molecule has 1 heterocycles. The number of halogens is 1. The summed E-state index contributed by atoms with van der Waals surface area (Å²) in [5, 5.41) is 0. The molecule has 90 valence electrons. The Kier molecular flexibility index (Phi) is 2.87. The smallest absolute Gasteiger partial charge is 0.178 e. The zero-order valence-electron chi connectivity index (χ0n) is 9.74. The lowest BCUT2D eigenvalue weighted by Crippen LogP contribution is -2.09. The van der Waals surface area contributed by atoms with E-state index in [-0.39, 0.29) is 0 Å². The molecule has 3 rings (SSSR count). The SMILES string of the molecule is CC(Cn1c(=S)[nH]c2cc(Br)ccc21)C1CC1.